The molecule has 7 heteroatoms. The summed E-state index contributed by atoms with van der Waals surface area (Å²) in [7, 11) is 0. The maximum absolute atomic E-state index is 7.06. The number of hydrogen-bond donors (Lipinski definition) is 4. The molecular weight excluding hydrogens is 645 g/mol. The fourth-order valence-electron chi connectivity index (χ4n) is 12.2. The first kappa shape index (κ1) is 44.4. The first-order valence-electron chi connectivity index (χ1n) is 23.0. The van der Waals surface area contributed by atoms with Crippen molar-refractivity contribution in [2.45, 2.75) is 187 Å². The number of rotatable bonds is 28. The summed E-state index contributed by atoms with van der Waals surface area (Å²) in [6, 6.07) is 0. The second kappa shape index (κ2) is 23.7. The van der Waals surface area contributed by atoms with Crippen LogP contribution < -0.4 is 22.5 Å². The summed E-state index contributed by atoms with van der Waals surface area (Å²) >= 11 is 0. The Balaban J connectivity index is 1.36. The van der Waals surface area contributed by atoms with Gasteiger partial charge >= 0.3 is 0 Å². The van der Waals surface area contributed by atoms with Crippen LogP contribution in [0.5, 0.6) is 0 Å². The van der Waals surface area contributed by atoms with E-state index in [9.17, 15) is 0 Å². The van der Waals surface area contributed by atoms with E-state index in [1.807, 2.05) is 0 Å². The molecule has 7 nitrogen and oxygen atoms in total. The second-order valence-corrected chi connectivity index (χ2v) is 18.5. The lowest BCUT2D eigenvalue weighted by Crippen LogP contribution is -2.63. The Morgan fingerprint density at radius 3 is 1.94 bits per heavy atom. The van der Waals surface area contributed by atoms with E-state index in [0.29, 0.717) is 78.9 Å². The molecule has 0 aromatic heterocycles. The van der Waals surface area contributed by atoms with Gasteiger partial charge < -0.3 is 36.7 Å². The van der Waals surface area contributed by atoms with Crippen molar-refractivity contribution in [2.24, 2.45) is 63.5 Å². The van der Waals surface area contributed by atoms with Crippen LogP contribution in [-0.2, 0) is 14.2 Å². The zero-order valence-electron chi connectivity index (χ0n) is 34.9. The van der Waals surface area contributed by atoms with Gasteiger partial charge in [-0.05, 0) is 157 Å². The SMILES string of the molecule is CCCCCCCCCCCCNCCCC(C)C1CC[C@H]2[C@@H]3[C@H](OCCCN)C[C@@H]4C[C@H](OCCCN)CC[C@]4(C)[C@H]3C[C@H](OCCCN)[C@]12C. The van der Waals surface area contributed by atoms with Gasteiger partial charge in [0.25, 0.3) is 0 Å². The van der Waals surface area contributed by atoms with Crippen molar-refractivity contribution in [3.8, 4) is 0 Å². The van der Waals surface area contributed by atoms with Gasteiger partial charge in [-0.15, -0.1) is 0 Å². The van der Waals surface area contributed by atoms with Gasteiger partial charge in [0.1, 0.15) is 0 Å². The predicted octanol–water partition coefficient (Wildman–Crippen LogP) is 8.99. The molecule has 0 bridgehead atoms. The summed E-state index contributed by atoms with van der Waals surface area (Å²) < 4.78 is 20.4. The Kier molecular flexibility index (Phi) is 20.3. The summed E-state index contributed by atoms with van der Waals surface area (Å²) in [5.41, 5.74) is 18.3. The van der Waals surface area contributed by atoms with E-state index < -0.39 is 0 Å². The van der Waals surface area contributed by atoms with Crippen molar-refractivity contribution in [1.82, 2.24) is 5.32 Å². The molecule has 0 saturated heterocycles. The molecule has 4 rings (SSSR count). The van der Waals surface area contributed by atoms with Gasteiger partial charge in [0, 0.05) is 25.2 Å². The van der Waals surface area contributed by atoms with Gasteiger partial charge in [-0.3, -0.25) is 0 Å². The van der Waals surface area contributed by atoms with E-state index in [1.54, 1.807) is 0 Å². The number of hydrogen-bond acceptors (Lipinski definition) is 7. The van der Waals surface area contributed by atoms with Crippen LogP contribution in [0.3, 0.4) is 0 Å². The fourth-order valence-corrected chi connectivity index (χ4v) is 12.2. The van der Waals surface area contributed by atoms with Crippen LogP contribution in [0.15, 0.2) is 0 Å². The highest BCUT2D eigenvalue weighted by atomic mass is 16.5. The van der Waals surface area contributed by atoms with Crippen molar-refractivity contribution in [3.63, 3.8) is 0 Å². The molecule has 4 aliphatic rings. The summed E-state index contributed by atoms with van der Waals surface area (Å²) in [5, 5.41) is 3.80. The minimum atomic E-state index is 0.180. The Labute approximate surface area is 322 Å². The summed E-state index contributed by atoms with van der Waals surface area (Å²) in [5.74, 6) is 3.92. The Morgan fingerprint density at radius 2 is 1.27 bits per heavy atom. The van der Waals surface area contributed by atoms with Crippen molar-refractivity contribution < 1.29 is 14.2 Å². The summed E-state index contributed by atoms with van der Waals surface area (Å²) in [4.78, 5) is 0. The Hall–Kier alpha value is -0.280. The molecule has 0 amide bonds. The summed E-state index contributed by atoms with van der Waals surface area (Å²) in [6.07, 6.45) is 29.1. The number of nitrogens with one attached hydrogen (secondary N) is 1. The third kappa shape index (κ3) is 11.9. The number of nitrogens with two attached hydrogens (primary N) is 3. The molecule has 0 radical (unpaired) electrons. The van der Waals surface area contributed by atoms with Gasteiger partial charge in [0.05, 0.1) is 18.3 Å². The van der Waals surface area contributed by atoms with E-state index in [-0.39, 0.29) is 5.41 Å². The van der Waals surface area contributed by atoms with E-state index in [2.05, 4.69) is 33.0 Å². The average Bonchev–Trinajstić information content (AvgIpc) is 3.50. The van der Waals surface area contributed by atoms with E-state index in [4.69, 9.17) is 31.4 Å². The standard InChI is InChI=1S/C45H88N4O3/c1-5-6-7-8-9-10-11-12-13-14-27-49-28-15-19-35(2)38-20-21-39-43-40(34-42(45(38,39)4)52-31-18-26-48)44(3)23-22-37(50-29-16-24-46)32-36(44)33-41(43)51-30-17-25-47/h35-43,49H,5-34,46-48H2,1-4H3/t35?,36-,37+,38?,39-,40-,41+,42-,43-,44-,45+/m0/s1. The molecule has 11 atom stereocenters. The first-order valence-corrected chi connectivity index (χ1v) is 23.0. The molecule has 306 valence electrons. The second-order valence-electron chi connectivity index (χ2n) is 18.5. The molecule has 0 aliphatic heterocycles. The zero-order chi connectivity index (χ0) is 37.2. The van der Waals surface area contributed by atoms with Gasteiger partial charge in [-0.25, -0.2) is 0 Å². The van der Waals surface area contributed by atoms with Gasteiger partial charge in [0.2, 0.25) is 0 Å². The van der Waals surface area contributed by atoms with Crippen molar-refractivity contribution in [1.29, 1.82) is 0 Å². The molecule has 52 heavy (non-hydrogen) atoms. The lowest BCUT2D eigenvalue weighted by molar-refractivity contribution is -0.227. The van der Waals surface area contributed by atoms with Crippen LogP contribution in [0.25, 0.3) is 0 Å². The van der Waals surface area contributed by atoms with Crippen molar-refractivity contribution >= 4 is 0 Å². The summed E-state index contributed by atoms with van der Waals surface area (Å²) in [6.45, 7) is 17.0. The smallest absolute Gasteiger partial charge is 0.0637 e. The van der Waals surface area contributed by atoms with E-state index in [1.165, 1.54) is 122 Å². The van der Waals surface area contributed by atoms with Crippen LogP contribution in [-0.4, -0.2) is 70.9 Å². The number of fused-ring (bicyclic) bond motifs is 5. The van der Waals surface area contributed by atoms with Gasteiger partial charge in [-0.2, -0.15) is 0 Å². The molecule has 0 aromatic carbocycles. The van der Waals surface area contributed by atoms with Crippen LogP contribution >= 0.6 is 0 Å². The van der Waals surface area contributed by atoms with Crippen molar-refractivity contribution in [2.75, 3.05) is 52.5 Å². The molecule has 0 heterocycles. The molecule has 4 aliphatic carbocycles. The Morgan fingerprint density at radius 1 is 0.654 bits per heavy atom. The van der Waals surface area contributed by atoms with Crippen LogP contribution in [0, 0.1) is 46.3 Å². The zero-order valence-corrected chi connectivity index (χ0v) is 34.9. The minimum Gasteiger partial charge on any atom is -0.378 e. The quantitative estimate of drug-likeness (QED) is 0.0594. The van der Waals surface area contributed by atoms with E-state index >= 15 is 0 Å². The van der Waals surface area contributed by atoms with Crippen LogP contribution in [0.2, 0.25) is 0 Å². The minimum absolute atomic E-state index is 0.180. The normalized spacial score (nSPS) is 34.9. The molecule has 0 spiro atoms. The highest BCUT2D eigenvalue weighted by Gasteiger charge is 2.66. The highest BCUT2D eigenvalue weighted by Crippen LogP contribution is 2.69. The molecule has 7 N–H and O–H groups in total. The fraction of sp³-hybridized carbons (Fsp3) is 1.00. The third-order valence-electron chi connectivity index (χ3n) is 15.2. The Bertz CT molecular complexity index is 940. The number of ether oxygens (including phenoxy) is 3. The molecular formula is C45H88N4O3. The topological polar surface area (TPSA) is 118 Å². The highest BCUT2D eigenvalue weighted by molar-refractivity contribution is 5.15. The molecule has 4 fully saturated rings. The lowest BCUT2D eigenvalue weighted by Gasteiger charge is -2.65. The van der Waals surface area contributed by atoms with Crippen molar-refractivity contribution in [3.05, 3.63) is 0 Å². The lowest BCUT2D eigenvalue weighted by atomic mass is 9.43. The third-order valence-corrected chi connectivity index (χ3v) is 15.2. The van der Waals surface area contributed by atoms with Gasteiger partial charge in [0.15, 0.2) is 0 Å². The largest absolute Gasteiger partial charge is 0.378 e. The maximum Gasteiger partial charge on any atom is 0.0637 e. The van der Waals surface area contributed by atoms with Crippen LogP contribution in [0.4, 0.5) is 0 Å². The van der Waals surface area contributed by atoms with Gasteiger partial charge in [-0.1, -0.05) is 85.5 Å². The monoisotopic (exact) mass is 733 g/mol. The molecule has 2 unspecified atom stereocenters. The van der Waals surface area contributed by atoms with E-state index in [0.717, 1.165) is 52.0 Å². The average molecular weight is 733 g/mol. The maximum atomic E-state index is 7.06. The molecule has 4 saturated carbocycles. The first-order chi connectivity index (χ1) is 25.3. The van der Waals surface area contributed by atoms with Crippen LogP contribution in [0.1, 0.15) is 169 Å². The molecule has 0 aromatic rings. The predicted molar refractivity (Wildman–Crippen MR) is 219 cm³/mol. The number of unbranched alkanes of at least 4 members (excludes halogenated alkanes) is 9.